The van der Waals surface area contributed by atoms with Gasteiger partial charge < -0.3 is 5.11 Å². The molecule has 0 aromatic rings. The van der Waals surface area contributed by atoms with E-state index in [9.17, 15) is 8.42 Å². The van der Waals surface area contributed by atoms with Gasteiger partial charge in [0.05, 0.1) is 6.61 Å². The van der Waals surface area contributed by atoms with E-state index < -0.39 is 21.4 Å². The number of aliphatic hydroxyl groups excluding tert-OH is 1. The molecule has 0 unspecified atom stereocenters. The molecule has 0 bridgehead atoms. The number of nitrogens with two attached hydrogens (primary N) is 1. The third-order valence-corrected chi connectivity index (χ3v) is 2.82. The lowest BCUT2D eigenvalue weighted by Crippen LogP contribution is -2.40. The molecule has 5 heteroatoms. The molecule has 4 nitrogen and oxygen atoms in total. The average molecular weight is 153 g/mol. The summed E-state index contributed by atoms with van der Waals surface area (Å²) in [5, 5.41) is 13.2. The summed E-state index contributed by atoms with van der Waals surface area (Å²) in [6.07, 6.45) is 0. The molecule has 3 N–H and O–H groups in total. The van der Waals surface area contributed by atoms with E-state index in [1.165, 1.54) is 13.8 Å². The zero-order chi connectivity index (χ0) is 7.71. The molecule has 9 heavy (non-hydrogen) atoms. The second-order valence-electron chi connectivity index (χ2n) is 2.46. The van der Waals surface area contributed by atoms with Crippen molar-refractivity contribution >= 4 is 10.0 Å². The lowest BCUT2D eigenvalue weighted by atomic mass is 10.2. The van der Waals surface area contributed by atoms with Crippen LogP contribution in [0.4, 0.5) is 0 Å². The Morgan fingerprint density at radius 3 is 1.89 bits per heavy atom. The molecule has 0 aromatic heterocycles. The van der Waals surface area contributed by atoms with E-state index in [4.69, 9.17) is 10.2 Å². The van der Waals surface area contributed by atoms with Crippen LogP contribution in [0.25, 0.3) is 0 Å². The first kappa shape index (κ1) is 8.87. The maximum absolute atomic E-state index is 10.5. The minimum atomic E-state index is -3.60. The fraction of sp³-hybridized carbons (Fsp3) is 1.00. The fourth-order valence-electron chi connectivity index (χ4n) is 0.0900. The SMILES string of the molecule is CC(C)(CO)S(N)(=O)=O. The zero-order valence-electron chi connectivity index (χ0n) is 5.46. The Hall–Kier alpha value is -0.130. The highest BCUT2D eigenvalue weighted by Crippen LogP contribution is 2.09. The molecule has 0 aliphatic rings. The summed E-state index contributed by atoms with van der Waals surface area (Å²) in [5.74, 6) is 0. The molecule has 0 aliphatic carbocycles. The van der Waals surface area contributed by atoms with E-state index in [1.807, 2.05) is 0 Å². The predicted molar refractivity (Wildman–Crippen MR) is 34.3 cm³/mol. The lowest BCUT2D eigenvalue weighted by Gasteiger charge is -2.17. The highest BCUT2D eigenvalue weighted by Gasteiger charge is 2.29. The summed E-state index contributed by atoms with van der Waals surface area (Å²) >= 11 is 0. The Kier molecular flexibility index (Phi) is 2.21. The highest BCUT2D eigenvalue weighted by molar-refractivity contribution is 7.90. The summed E-state index contributed by atoms with van der Waals surface area (Å²) in [6.45, 7) is 2.27. The van der Waals surface area contributed by atoms with Crippen molar-refractivity contribution in [3.63, 3.8) is 0 Å². The Bertz CT molecular complexity index is 182. The molecule has 0 saturated carbocycles. The van der Waals surface area contributed by atoms with Gasteiger partial charge in [-0.05, 0) is 13.8 Å². The van der Waals surface area contributed by atoms with Crippen LogP contribution in [-0.4, -0.2) is 24.9 Å². The van der Waals surface area contributed by atoms with Crippen molar-refractivity contribution in [1.82, 2.24) is 0 Å². The highest BCUT2D eigenvalue weighted by atomic mass is 32.2. The zero-order valence-corrected chi connectivity index (χ0v) is 6.27. The van der Waals surface area contributed by atoms with Crippen molar-refractivity contribution in [2.45, 2.75) is 18.6 Å². The molecule has 0 spiro atoms. The van der Waals surface area contributed by atoms with Crippen LogP contribution in [0.3, 0.4) is 0 Å². The number of hydrogen-bond acceptors (Lipinski definition) is 3. The molecule has 0 amide bonds. The van der Waals surface area contributed by atoms with Crippen molar-refractivity contribution in [2.24, 2.45) is 5.14 Å². The molecule has 0 rings (SSSR count). The van der Waals surface area contributed by atoms with Crippen molar-refractivity contribution in [2.75, 3.05) is 6.61 Å². The Morgan fingerprint density at radius 2 is 1.89 bits per heavy atom. The molecular weight excluding hydrogens is 142 g/mol. The summed E-state index contributed by atoms with van der Waals surface area (Å²) in [6, 6.07) is 0. The third kappa shape index (κ3) is 1.92. The van der Waals surface area contributed by atoms with E-state index in [1.54, 1.807) is 0 Å². The second-order valence-corrected chi connectivity index (χ2v) is 4.66. The maximum Gasteiger partial charge on any atom is 0.216 e. The second kappa shape index (κ2) is 2.24. The van der Waals surface area contributed by atoms with Gasteiger partial charge in [0.25, 0.3) is 0 Å². The first-order chi connectivity index (χ1) is 3.81. The van der Waals surface area contributed by atoms with E-state index >= 15 is 0 Å². The predicted octanol–water partition coefficient (Wildman–Crippen LogP) is -0.954. The summed E-state index contributed by atoms with van der Waals surface area (Å²) < 4.78 is 19.8. The Morgan fingerprint density at radius 1 is 1.56 bits per heavy atom. The van der Waals surface area contributed by atoms with Gasteiger partial charge in [-0.2, -0.15) is 0 Å². The minimum Gasteiger partial charge on any atom is -0.395 e. The van der Waals surface area contributed by atoms with Gasteiger partial charge in [-0.1, -0.05) is 0 Å². The number of aliphatic hydroxyl groups is 1. The topological polar surface area (TPSA) is 80.4 Å². The van der Waals surface area contributed by atoms with Gasteiger partial charge in [-0.3, -0.25) is 0 Å². The average Bonchev–Trinajstić information content (AvgIpc) is 1.64. The summed E-state index contributed by atoms with van der Waals surface area (Å²) in [5.41, 5.74) is 0. The molecule has 56 valence electrons. The van der Waals surface area contributed by atoms with Crippen LogP contribution in [0.1, 0.15) is 13.8 Å². The van der Waals surface area contributed by atoms with Crippen LogP contribution in [0.2, 0.25) is 0 Å². The fourth-order valence-corrected chi connectivity index (χ4v) is 0.270. The number of hydrogen-bond donors (Lipinski definition) is 2. The van der Waals surface area contributed by atoms with Crippen LogP contribution in [0, 0.1) is 0 Å². The van der Waals surface area contributed by atoms with Crippen molar-refractivity contribution in [3.8, 4) is 0 Å². The summed E-state index contributed by atoms with van der Waals surface area (Å²) in [7, 11) is -3.60. The van der Waals surface area contributed by atoms with Crippen LogP contribution in [0.15, 0.2) is 0 Å². The number of primary sulfonamides is 1. The van der Waals surface area contributed by atoms with Gasteiger partial charge in [0.1, 0.15) is 4.75 Å². The standard InChI is InChI=1S/C4H11NO3S/c1-4(2,3-6)9(5,7)8/h6H,3H2,1-2H3,(H2,5,7,8). The van der Waals surface area contributed by atoms with E-state index in [-0.39, 0.29) is 0 Å². The third-order valence-electron chi connectivity index (χ3n) is 1.15. The van der Waals surface area contributed by atoms with Crippen LogP contribution < -0.4 is 5.14 Å². The molecule has 0 fully saturated rings. The first-order valence-corrected chi connectivity index (χ1v) is 3.99. The van der Waals surface area contributed by atoms with Gasteiger partial charge in [-0.15, -0.1) is 0 Å². The maximum atomic E-state index is 10.5. The van der Waals surface area contributed by atoms with E-state index in [2.05, 4.69) is 0 Å². The number of sulfonamides is 1. The molecule has 0 radical (unpaired) electrons. The lowest BCUT2D eigenvalue weighted by molar-refractivity contribution is 0.258. The van der Waals surface area contributed by atoms with Gasteiger partial charge in [0, 0.05) is 0 Å². The van der Waals surface area contributed by atoms with Crippen LogP contribution >= 0.6 is 0 Å². The molecule has 0 saturated heterocycles. The first-order valence-electron chi connectivity index (χ1n) is 2.44. The van der Waals surface area contributed by atoms with Gasteiger partial charge in [-0.25, -0.2) is 13.6 Å². The van der Waals surface area contributed by atoms with Gasteiger partial charge in [0.2, 0.25) is 10.0 Å². The van der Waals surface area contributed by atoms with Crippen molar-refractivity contribution < 1.29 is 13.5 Å². The Balaban J connectivity index is 4.56. The monoisotopic (exact) mass is 153 g/mol. The number of rotatable bonds is 2. The minimum absolute atomic E-state index is 0.453. The molecular formula is C4H11NO3S. The van der Waals surface area contributed by atoms with E-state index in [0.29, 0.717) is 0 Å². The smallest absolute Gasteiger partial charge is 0.216 e. The normalized spacial score (nSPS) is 13.8. The van der Waals surface area contributed by atoms with Crippen LogP contribution in [-0.2, 0) is 10.0 Å². The van der Waals surface area contributed by atoms with Crippen molar-refractivity contribution in [3.05, 3.63) is 0 Å². The largest absolute Gasteiger partial charge is 0.395 e. The van der Waals surface area contributed by atoms with Gasteiger partial charge >= 0.3 is 0 Å². The molecule has 0 aliphatic heterocycles. The molecule has 0 aromatic carbocycles. The molecule has 0 atom stereocenters. The van der Waals surface area contributed by atoms with E-state index in [0.717, 1.165) is 0 Å². The van der Waals surface area contributed by atoms with Gasteiger partial charge in [0.15, 0.2) is 0 Å². The Labute approximate surface area is 54.7 Å². The van der Waals surface area contributed by atoms with Crippen LogP contribution in [0.5, 0.6) is 0 Å². The molecule has 0 heterocycles. The van der Waals surface area contributed by atoms with Crippen molar-refractivity contribution in [1.29, 1.82) is 0 Å². The quantitative estimate of drug-likeness (QED) is 0.536. The summed E-state index contributed by atoms with van der Waals surface area (Å²) in [4.78, 5) is 0.